The minimum atomic E-state index is -0.0184. The molecule has 2 rings (SSSR count). The lowest BCUT2D eigenvalue weighted by atomic mass is 10.1. The predicted molar refractivity (Wildman–Crippen MR) is 68.3 cm³/mol. The Bertz CT molecular complexity index is 512. The Morgan fingerprint density at radius 3 is 2.56 bits per heavy atom. The summed E-state index contributed by atoms with van der Waals surface area (Å²) < 4.78 is 2.10. The van der Waals surface area contributed by atoms with Gasteiger partial charge in [-0.2, -0.15) is 0 Å². The molecule has 0 saturated heterocycles. The van der Waals surface area contributed by atoms with Gasteiger partial charge in [0.1, 0.15) is 5.65 Å². The number of aromatic nitrogens is 2. The van der Waals surface area contributed by atoms with Crippen LogP contribution in [0, 0.1) is 6.92 Å². The first kappa shape index (κ1) is 11.5. The standard InChI is InChI=1S/C13H17ClN2/c1-8(2)12-13(10(4)14)16-6-5-9(3)7-11(16)15-12/h5-8,10H,1-4H3. The largest absolute Gasteiger partial charge is 0.302 e. The first-order valence-corrected chi connectivity index (χ1v) is 6.07. The van der Waals surface area contributed by atoms with Crippen molar-refractivity contribution >= 4 is 17.2 Å². The summed E-state index contributed by atoms with van der Waals surface area (Å²) in [6, 6.07) is 4.18. The second-order valence-corrected chi connectivity index (χ2v) is 5.24. The van der Waals surface area contributed by atoms with Crippen LogP contribution in [-0.4, -0.2) is 9.38 Å². The normalized spacial score (nSPS) is 13.6. The van der Waals surface area contributed by atoms with E-state index in [4.69, 9.17) is 11.6 Å². The Balaban J connectivity index is 2.75. The lowest BCUT2D eigenvalue weighted by molar-refractivity contribution is 0.799. The number of rotatable bonds is 2. The number of aryl methyl sites for hydroxylation is 1. The molecule has 0 radical (unpaired) electrons. The fourth-order valence-electron chi connectivity index (χ4n) is 2.00. The molecular weight excluding hydrogens is 220 g/mol. The molecule has 0 saturated carbocycles. The van der Waals surface area contributed by atoms with Gasteiger partial charge in [-0.3, -0.25) is 0 Å². The first-order chi connectivity index (χ1) is 7.50. The van der Waals surface area contributed by atoms with E-state index in [9.17, 15) is 0 Å². The quantitative estimate of drug-likeness (QED) is 0.719. The number of pyridine rings is 1. The molecule has 86 valence electrons. The maximum absolute atomic E-state index is 6.25. The van der Waals surface area contributed by atoms with Gasteiger partial charge in [-0.1, -0.05) is 13.8 Å². The van der Waals surface area contributed by atoms with Gasteiger partial charge in [0.05, 0.1) is 16.8 Å². The van der Waals surface area contributed by atoms with Crippen LogP contribution in [0.4, 0.5) is 0 Å². The molecule has 3 heteroatoms. The summed E-state index contributed by atoms with van der Waals surface area (Å²) in [5.74, 6) is 0.399. The molecule has 2 aromatic rings. The molecule has 0 aliphatic rings. The summed E-state index contributed by atoms with van der Waals surface area (Å²) in [5.41, 5.74) is 4.44. The second kappa shape index (κ2) is 4.10. The lowest BCUT2D eigenvalue weighted by Gasteiger charge is -2.08. The third-order valence-corrected chi connectivity index (χ3v) is 2.98. The van der Waals surface area contributed by atoms with Crippen LogP contribution in [0.3, 0.4) is 0 Å². The molecule has 16 heavy (non-hydrogen) atoms. The number of nitrogens with zero attached hydrogens (tertiary/aromatic N) is 2. The average molecular weight is 237 g/mol. The van der Waals surface area contributed by atoms with Gasteiger partial charge in [-0.15, -0.1) is 11.6 Å². The molecule has 0 bridgehead atoms. The van der Waals surface area contributed by atoms with E-state index in [1.54, 1.807) is 0 Å². The lowest BCUT2D eigenvalue weighted by Crippen LogP contribution is -1.99. The third kappa shape index (κ3) is 1.82. The monoisotopic (exact) mass is 236 g/mol. The minimum Gasteiger partial charge on any atom is -0.302 e. The molecule has 2 heterocycles. The highest BCUT2D eigenvalue weighted by Gasteiger charge is 2.18. The highest BCUT2D eigenvalue weighted by atomic mass is 35.5. The Labute approximate surface area is 101 Å². The molecule has 0 aliphatic heterocycles. The van der Waals surface area contributed by atoms with Crippen LogP contribution in [0.1, 0.15) is 49.0 Å². The number of halogens is 1. The maximum atomic E-state index is 6.25. The van der Waals surface area contributed by atoms with Crippen molar-refractivity contribution in [3.63, 3.8) is 0 Å². The highest BCUT2D eigenvalue weighted by molar-refractivity contribution is 6.20. The van der Waals surface area contributed by atoms with E-state index in [1.807, 2.05) is 6.92 Å². The molecule has 0 N–H and O–H groups in total. The average Bonchev–Trinajstić information content (AvgIpc) is 2.55. The Morgan fingerprint density at radius 1 is 1.31 bits per heavy atom. The predicted octanol–water partition coefficient (Wildman–Crippen LogP) is 4.07. The Hall–Kier alpha value is -1.02. The van der Waals surface area contributed by atoms with E-state index in [0.29, 0.717) is 5.92 Å². The van der Waals surface area contributed by atoms with Gasteiger partial charge in [-0.05, 0) is 37.5 Å². The molecule has 0 aromatic carbocycles. The summed E-state index contributed by atoms with van der Waals surface area (Å²) in [5, 5.41) is -0.0184. The van der Waals surface area contributed by atoms with Crippen molar-refractivity contribution in [3.05, 3.63) is 35.3 Å². The summed E-state index contributed by atoms with van der Waals surface area (Å²) >= 11 is 6.25. The van der Waals surface area contributed by atoms with Crippen molar-refractivity contribution in [1.82, 2.24) is 9.38 Å². The Kier molecular flexibility index (Phi) is 2.94. The zero-order valence-electron chi connectivity index (χ0n) is 10.2. The summed E-state index contributed by atoms with van der Waals surface area (Å²) in [7, 11) is 0. The van der Waals surface area contributed by atoms with Gasteiger partial charge in [0.2, 0.25) is 0 Å². The van der Waals surface area contributed by atoms with Crippen molar-refractivity contribution in [2.75, 3.05) is 0 Å². The van der Waals surface area contributed by atoms with Gasteiger partial charge in [-0.25, -0.2) is 4.98 Å². The van der Waals surface area contributed by atoms with Crippen LogP contribution >= 0.6 is 11.6 Å². The molecule has 1 unspecified atom stereocenters. The van der Waals surface area contributed by atoms with Crippen molar-refractivity contribution in [2.45, 2.75) is 39.0 Å². The molecule has 0 fully saturated rings. The van der Waals surface area contributed by atoms with E-state index in [2.05, 4.69) is 48.5 Å². The molecule has 0 spiro atoms. The van der Waals surface area contributed by atoms with Crippen LogP contribution in [0.15, 0.2) is 18.3 Å². The van der Waals surface area contributed by atoms with E-state index in [0.717, 1.165) is 17.0 Å². The van der Waals surface area contributed by atoms with E-state index in [-0.39, 0.29) is 5.38 Å². The fraction of sp³-hybridized carbons (Fsp3) is 0.462. The van der Waals surface area contributed by atoms with Crippen molar-refractivity contribution < 1.29 is 0 Å². The SMILES string of the molecule is Cc1ccn2c(C(C)Cl)c(C(C)C)nc2c1. The fourth-order valence-corrected chi connectivity index (χ4v) is 2.22. The second-order valence-electron chi connectivity index (χ2n) is 4.59. The van der Waals surface area contributed by atoms with Crippen molar-refractivity contribution in [3.8, 4) is 0 Å². The number of fused-ring (bicyclic) bond motifs is 1. The maximum Gasteiger partial charge on any atom is 0.137 e. The molecular formula is C13H17ClN2. The number of hydrogen-bond acceptors (Lipinski definition) is 1. The van der Waals surface area contributed by atoms with Gasteiger partial charge < -0.3 is 4.40 Å². The minimum absolute atomic E-state index is 0.0184. The number of imidazole rings is 1. The third-order valence-electron chi connectivity index (χ3n) is 2.77. The number of hydrogen-bond donors (Lipinski definition) is 0. The van der Waals surface area contributed by atoms with Crippen LogP contribution in [0.2, 0.25) is 0 Å². The van der Waals surface area contributed by atoms with Crippen LogP contribution < -0.4 is 0 Å². The Morgan fingerprint density at radius 2 is 2.00 bits per heavy atom. The summed E-state index contributed by atoms with van der Waals surface area (Å²) in [4.78, 5) is 4.67. The molecule has 1 atom stereocenters. The van der Waals surface area contributed by atoms with E-state index in [1.165, 1.54) is 5.56 Å². The van der Waals surface area contributed by atoms with Gasteiger partial charge in [0.15, 0.2) is 0 Å². The van der Waals surface area contributed by atoms with E-state index < -0.39 is 0 Å². The first-order valence-electron chi connectivity index (χ1n) is 5.63. The van der Waals surface area contributed by atoms with Gasteiger partial charge >= 0.3 is 0 Å². The number of alkyl halides is 1. The summed E-state index contributed by atoms with van der Waals surface area (Å²) in [6.07, 6.45) is 2.05. The molecule has 0 aliphatic carbocycles. The zero-order chi connectivity index (χ0) is 11.9. The molecule has 2 nitrogen and oxygen atoms in total. The van der Waals surface area contributed by atoms with Crippen molar-refractivity contribution in [1.29, 1.82) is 0 Å². The molecule has 2 aromatic heterocycles. The summed E-state index contributed by atoms with van der Waals surface area (Å²) in [6.45, 7) is 8.37. The van der Waals surface area contributed by atoms with Crippen LogP contribution in [0.25, 0.3) is 5.65 Å². The van der Waals surface area contributed by atoms with Crippen LogP contribution in [0.5, 0.6) is 0 Å². The molecule has 0 amide bonds. The zero-order valence-corrected chi connectivity index (χ0v) is 10.9. The smallest absolute Gasteiger partial charge is 0.137 e. The van der Waals surface area contributed by atoms with Crippen molar-refractivity contribution in [2.24, 2.45) is 0 Å². The van der Waals surface area contributed by atoms with Gasteiger partial charge in [0.25, 0.3) is 0 Å². The van der Waals surface area contributed by atoms with Crippen LogP contribution in [-0.2, 0) is 0 Å². The van der Waals surface area contributed by atoms with Gasteiger partial charge in [0, 0.05) is 6.20 Å². The topological polar surface area (TPSA) is 17.3 Å². The van der Waals surface area contributed by atoms with E-state index >= 15 is 0 Å². The highest BCUT2D eigenvalue weighted by Crippen LogP contribution is 2.29.